The topological polar surface area (TPSA) is 245 Å². The highest BCUT2D eigenvalue weighted by Crippen LogP contribution is 2.10. The first-order valence-corrected chi connectivity index (χ1v) is 20.9. The molecule has 0 saturated heterocycles. The summed E-state index contributed by atoms with van der Waals surface area (Å²) in [6.07, 6.45) is 2.06. The number of ketones is 1. The molecular weight excluding hydrogens is 789 g/mol. The van der Waals surface area contributed by atoms with Crippen molar-refractivity contribution < 1.29 is 39.3 Å². The minimum atomic E-state index is -1.16. The Kier molecular flexibility index (Phi) is 20.0. The van der Waals surface area contributed by atoms with Crippen LogP contribution in [0.3, 0.4) is 0 Å². The molecule has 0 saturated carbocycles. The van der Waals surface area contributed by atoms with Crippen LogP contribution >= 0.6 is 0 Å². The minimum Gasteiger partial charge on any atom is -0.358 e. The monoisotopic (exact) mass is 847 g/mol. The maximum atomic E-state index is 14.1. The molecule has 15 nitrogen and oxygen atoms in total. The second-order valence-corrected chi connectivity index (χ2v) is 15.1. The fraction of sp³-hybridized carbons (Fsp3) is 0.340. The summed E-state index contributed by atoms with van der Waals surface area (Å²) in [5.74, 6) is -3.95. The molecule has 0 bridgehead atoms. The van der Waals surface area contributed by atoms with Gasteiger partial charge in [-0.15, -0.1) is 0 Å². The van der Waals surface area contributed by atoms with E-state index in [2.05, 4.69) is 37.6 Å². The summed E-state index contributed by atoms with van der Waals surface area (Å²) < 4.78 is 0. The minimum absolute atomic E-state index is 0.0665. The molecule has 6 amide bonds. The van der Waals surface area contributed by atoms with E-state index in [1.807, 2.05) is 72.8 Å². The fourth-order valence-corrected chi connectivity index (χ4v) is 6.64. The molecule has 4 aromatic rings. The van der Waals surface area contributed by atoms with Gasteiger partial charge >= 0.3 is 0 Å². The molecule has 0 aliphatic heterocycles. The fourth-order valence-electron chi connectivity index (χ4n) is 6.64. The van der Waals surface area contributed by atoms with Gasteiger partial charge < -0.3 is 43.4 Å². The highest BCUT2D eigenvalue weighted by Gasteiger charge is 2.31. The van der Waals surface area contributed by atoms with Crippen LogP contribution in [0.15, 0.2) is 121 Å². The third kappa shape index (κ3) is 17.1. The molecule has 4 aromatic carbocycles. The summed E-state index contributed by atoms with van der Waals surface area (Å²) in [6, 6.07) is 31.3. The number of hydrogen-bond acceptors (Lipinski definition) is 8. The molecule has 0 spiro atoms. The predicted octanol–water partition coefficient (Wildman–Crippen LogP) is 0.457. The normalized spacial score (nSPS) is 13.2. The van der Waals surface area contributed by atoms with Gasteiger partial charge in [0.2, 0.25) is 35.4 Å². The molecule has 0 aliphatic carbocycles. The van der Waals surface area contributed by atoms with Crippen molar-refractivity contribution in [2.45, 2.75) is 82.1 Å². The average molecular weight is 848 g/mol. The Morgan fingerprint density at radius 3 is 1.29 bits per heavy atom. The first-order valence-electron chi connectivity index (χ1n) is 20.9. The molecule has 0 heterocycles. The van der Waals surface area contributed by atoms with Crippen LogP contribution in [0.5, 0.6) is 0 Å². The number of carbonyl (C=O) groups is 7. The Labute approximate surface area is 362 Å². The lowest BCUT2D eigenvalue weighted by molar-refractivity contribution is -0.368. The number of hydrogen-bond donors (Lipinski definition) is 8. The maximum Gasteiger partial charge on any atom is 0.243 e. The van der Waals surface area contributed by atoms with Gasteiger partial charge in [-0.2, -0.15) is 0 Å². The average Bonchev–Trinajstić information content (AvgIpc) is 3.27. The summed E-state index contributed by atoms with van der Waals surface area (Å²) in [5.41, 5.74) is 13.2. The quantitative estimate of drug-likeness (QED) is 0.0435. The molecule has 4 unspecified atom stereocenters. The molecule has 62 heavy (non-hydrogen) atoms. The lowest BCUT2D eigenvalue weighted by Gasteiger charge is -2.26. The number of quaternary nitrogens is 1. The second-order valence-electron chi connectivity index (χ2n) is 15.1. The number of amides is 6. The molecule has 15 heteroatoms. The summed E-state index contributed by atoms with van der Waals surface area (Å²) in [6.45, 7) is 1.08. The zero-order chi connectivity index (χ0) is 44.7. The van der Waals surface area contributed by atoms with Crippen molar-refractivity contribution >= 4 is 41.2 Å². The van der Waals surface area contributed by atoms with Gasteiger partial charge in [0.05, 0.1) is 31.7 Å². The van der Waals surface area contributed by atoms with Gasteiger partial charge in [0.15, 0.2) is 5.78 Å². The highest BCUT2D eigenvalue weighted by molar-refractivity contribution is 5.96. The summed E-state index contributed by atoms with van der Waals surface area (Å²) in [7, 11) is 0. The van der Waals surface area contributed by atoms with E-state index in [1.165, 1.54) is 6.92 Å². The summed E-state index contributed by atoms with van der Waals surface area (Å²) in [4.78, 5) is 93.2. The number of benzene rings is 4. The number of carbonyl (C=O) groups excluding carboxylic acids is 7. The molecule has 4 rings (SSSR count). The SMILES string of the molecule is CC(=O)C(Cc1ccccc1)NC(=O)CNC(=O)C(Cc1ccccc1)NC(=O)[C@H](CCCC[NH3+])NC(=O)C(Cc1ccccc1)NC(=O)CNC(=O)C(N)Cc1ccccc1. The molecule has 0 aliphatic rings. The zero-order valence-electron chi connectivity index (χ0n) is 35.1. The van der Waals surface area contributed by atoms with Gasteiger partial charge in [-0.3, -0.25) is 33.6 Å². The van der Waals surface area contributed by atoms with Gasteiger partial charge in [-0.1, -0.05) is 121 Å². The lowest BCUT2D eigenvalue weighted by Crippen LogP contribution is -2.58. The van der Waals surface area contributed by atoms with E-state index in [0.29, 0.717) is 19.4 Å². The Bertz CT molecular complexity index is 2060. The molecule has 328 valence electrons. The van der Waals surface area contributed by atoms with E-state index in [4.69, 9.17) is 5.73 Å². The van der Waals surface area contributed by atoms with Crippen molar-refractivity contribution in [2.24, 2.45) is 5.73 Å². The first-order chi connectivity index (χ1) is 29.9. The van der Waals surface area contributed by atoms with E-state index in [0.717, 1.165) is 22.3 Å². The number of nitrogens with two attached hydrogens (primary N) is 1. The van der Waals surface area contributed by atoms with E-state index >= 15 is 0 Å². The van der Waals surface area contributed by atoms with Crippen molar-refractivity contribution in [3.63, 3.8) is 0 Å². The van der Waals surface area contributed by atoms with Crippen LogP contribution in [0, 0.1) is 0 Å². The third-order valence-electron chi connectivity index (χ3n) is 10.1. The van der Waals surface area contributed by atoms with E-state index in [1.54, 1.807) is 48.5 Å². The predicted molar refractivity (Wildman–Crippen MR) is 235 cm³/mol. The molecular formula is C47H59N8O7+. The smallest absolute Gasteiger partial charge is 0.243 e. The summed E-state index contributed by atoms with van der Waals surface area (Å²) in [5, 5.41) is 16.1. The van der Waals surface area contributed by atoms with Crippen LogP contribution in [-0.4, -0.2) is 91.1 Å². The van der Waals surface area contributed by atoms with Crippen molar-refractivity contribution in [1.82, 2.24) is 31.9 Å². The number of unbranched alkanes of at least 4 members (excludes halogenated alkanes) is 1. The molecule has 5 atom stereocenters. The Hall–Kier alpha value is -6.71. The van der Waals surface area contributed by atoms with E-state index in [9.17, 15) is 33.6 Å². The van der Waals surface area contributed by atoms with Crippen molar-refractivity contribution in [3.8, 4) is 0 Å². The van der Waals surface area contributed by atoms with Crippen LogP contribution < -0.4 is 43.4 Å². The van der Waals surface area contributed by atoms with Gasteiger partial charge in [-0.25, -0.2) is 0 Å². The maximum absolute atomic E-state index is 14.1. The summed E-state index contributed by atoms with van der Waals surface area (Å²) >= 11 is 0. The van der Waals surface area contributed by atoms with Crippen molar-refractivity contribution in [3.05, 3.63) is 144 Å². The lowest BCUT2D eigenvalue weighted by atomic mass is 10.0. The Morgan fingerprint density at radius 1 is 0.468 bits per heavy atom. The van der Waals surface area contributed by atoms with Crippen molar-refractivity contribution in [1.29, 1.82) is 0 Å². The molecule has 11 N–H and O–H groups in total. The second kappa shape index (κ2) is 25.8. The third-order valence-corrected chi connectivity index (χ3v) is 10.1. The first kappa shape index (κ1) is 48.0. The number of nitrogens with one attached hydrogen (secondary N) is 6. The van der Waals surface area contributed by atoms with Gasteiger partial charge in [-0.05, 0) is 61.3 Å². The van der Waals surface area contributed by atoms with Crippen LogP contribution in [0.2, 0.25) is 0 Å². The van der Waals surface area contributed by atoms with Crippen LogP contribution in [0.25, 0.3) is 0 Å². The molecule has 0 radical (unpaired) electrons. The van der Waals surface area contributed by atoms with Crippen LogP contribution in [0.4, 0.5) is 0 Å². The van der Waals surface area contributed by atoms with Gasteiger partial charge in [0, 0.05) is 12.8 Å². The van der Waals surface area contributed by atoms with Gasteiger partial charge in [0.25, 0.3) is 0 Å². The molecule has 0 aromatic heterocycles. The zero-order valence-corrected chi connectivity index (χ0v) is 35.1. The van der Waals surface area contributed by atoms with Crippen molar-refractivity contribution in [2.75, 3.05) is 19.6 Å². The highest BCUT2D eigenvalue weighted by atomic mass is 16.2. The van der Waals surface area contributed by atoms with E-state index < -0.39 is 78.7 Å². The van der Waals surface area contributed by atoms with Crippen LogP contribution in [-0.2, 0) is 59.2 Å². The van der Waals surface area contributed by atoms with Crippen LogP contribution in [0.1, 0.15) is 48.4 Å². The Balaban J connectivity index is 1.45. The van der Waals surface area contributed by atoms with Gasteiger partial charge in [0.1, 0.15) is 18.1 Å². The Morgan fingerprint density at radius 2 is 0.839 bits per heavy atom. The standard InChI is InChI=1S/C47H58N8O7/c1-32(56)39(27-34-18-8-3-9-19-34)52-42(57)31-51-45(60)40(28-35-20-10-4-11-21-35)55-46(61)38(24-14-15-25-48)54-47(62)41(29-36-22-12-5-13-23-36)53-43(58)30-50-44(59)37(49)26-33-16-6-2-7-17-33/h2-13,16-23,37-41H,14-15,24-31,48-49H2,1H3,(H,50,59)(H,51,60)(H,52,57)(H,53,58)(H,54,62)(H,55,61)/p+1/t37?,38-,39?,40?,41?/m0/s1. The largest absolute Gasteiger partial charge is 0.358 e. The number of Topliss-reactive ketones (excluding diaryl/α,β-unsaturated/α-hetero) is 1. The number of rotatable bonds is 25. The van der Waals surface area contributed by atoms with E-state index in [-0.39, 0.29) is 37.9 Å². The molecule has 0 fully saturated rings.